The number of hydrogen-bond acceptors (Lipinski definition) is 3. The molecule has 2 aromatic heterocycles. The molecule has 2 rings (SSSR count). The van der Waals surface area contributed by atoms with Gasteiger partial charge in [0.15, 0.2) is 0 Å². The van der Waals surface area contributed by atoms with Gasteiger partial charge in [-0.2, -0.15) is 0 Å². The molecule has 2 aromatic rings. The summed E-state index contributed by atoms with van der Waals surface area (Å²) in [5.41, 5.74) is 5.20. The first-order chi connectivity index (χ1) is 7.29. The van der Waals surface area contributed by atoms with Crippen LogP contribution in [0.3, 0.4) is 0 Å². The molecule has 0 saturated heterocycles. The van der Waals surface area contributed by atoms with Crippen LogP contribution in [0.5, 0.6) is 0 Å². The van der Waals surface area contributed by atoms with Gasteiger partial charge in [-0.05, 0) is 19.4 Å². The molecule has 2 heterocycles. The van der Waals surface area contributed by atoms with Gasteiger partial charge >= 0.3 is 0 Å². The quantitative estimate of drug-likeness (QED) is 0.664. The summed E-state index contributed by atoms with van der Waals surface area (Å²) < 4.78 is 1.21. The summed E-state index contributed by atoms with van der Waals surface area (Å²) in [4.78, 5) is 8.51. The van der Waals surface area contributed by atoms with Crippen LogP contribution < -0.4 is 0 Å². The fourth-order valence-corrected chi connectivity index (χ4v) is 1.91. The second-order valence-corrected chi connectivity index (χ2v) is 3.41. The number of thiazole rings is 1. The molecule has 15 heavy (non-hydrogen) atoms. The zero-order valence-corrected chi connectivity index (χ0v) is 11.3. The van der Waals surface area contributed by atoms with E-state index in [-0.39, 0.29) is 0 Å². The van der Waals surface area contributed by atoms with E-state index in [9.17, 15) is 0 Å². The number of aryl methyl sites for hydroxylation is 2. The minimum absolute atomic E-state index is 1.08. The first-order valence-electron chi connectivity index (χ1n) is 5.44. The van der Waals surface area contributed by atoms with Crippen molar-refractivity contribution < 1.29 is 0 Å². The van der Waals surface area contributed by atoms with Crippen LogP contribution in [0.4, 0.5) is 0 Å². The van der Waals surface area contributed by atoms with Crippen LogP contribution >= 0.6 is 11.3 Å². The van der Waals surface area contributed by atoms with Gasteiger partial charge in [-0.25, -0.2) is 4.98 Å². The highest BCUT2D eigenvalue weighted by atomic mass is 32.1. The Morgan fingerprint density at radius 3 is 2.13 bits per heavy atom. The fraction of sp³-hybridized carbons (Fsp3) is 0.500. The molecule has 0 unspecified atom stereocenters. The third-order valence-corrected chi connectivity index (χ3v) is 2.66. The molecule has 2 nitrogen and oxygen atoms in total. The second-order valence-electron chi connectivity index (χ2n) is 2.56. The predicted molar refractivity (Wildman–Crippen MR) is 69.6 cm³/mol. The average molecular weight is 224 g/mol. The van der Waals surface area contributed by atoms with Crippen molar-refractivity contribution in [3.05, 3.63) is 23.0 Å². The molecule has 0 spiro atoms. The number of pyridine rings is 1. The summed E-state index contributed by atoms with van der Waals surface area (Å²) in [7, 11) is 0. The Morgan fingerprint density at radius 1 is 1.00 bits per heavy atom. The van der Waals surface area contributed by atoms with Crippen LogP contribution in [0.15, 0.2) is 11.7 Å². The van der Waals surface area contributed by atoms with Crippen LogP contribution in [-0.4, -0.2) is 9.97 Å². The summed E-state index contributed by atoms with van der Waals surface area (Å²) in [6.07, 6.45) is 1.87. The zero-order chi connectivity index (χ0) is 11.8. The summed E-state index contributed by atoms with van der Waals surface area (Å²) in [6, 6.07) is 0. The van der Waals surface area contributed by atoms with Gasteiger partial charge in [0.2, 0.25) is 0 Å². The number of aromatic nitrogens is 2. The highest BCUT2D eigenvalue weighted by Crippen LogP contribution is 2.22. The molecule has 0 aliphatic rings. The van der Waals surface area contributed by atoms with Crippen molar-refractivity contribution in [3.63, 3.8) is 0 Å². The fourth-order valence-electron chi connectivity index (χ4n) is 1.10. The van der Waals surface area contributed by atoms with Gasteiger partial charge in [0.1, 0.15) is 0 Å². The van der Waals surface area contributed by atoms with Crippen molar-refractivity contribution in [1.82, 2.24) is 9.97 Å². The van der Waals surface area contributed by atoms with Gasteiger partial charge in [-0.15, -0.1) is 11.3 Å². The lowest BCUT2D eigenvalue weighted by Crippen LogP contribution is -1.83. The normalized spacial score (nSPS) is 8.67. The molecule has 0 amide bonds. The van der Waals surface area contributed by atoms with Gasteiger partial charge < -0.3 is 0 Å². The molecular formula is C12H20N2S. The molecule has 0 aromatic carbocycles. The highest BCUT2D eigenvalue weighted by Gasteiger charge is 2.02. The first-order valence-corrected chi connectivity index (χ1v) is 6.32. The smallest absolute Gasteiger partial charge is 0.0874 e. The molecule has 0 fully saturated rings. The molecule has 0 bridgehead atoms. The van der Waals surface area contributed by atoms with Crippen LogP contribution in [0.2, 0.25) is 0 Å². The standard InChI is InChI=1S/C8H8N2S.2C2H6/c1-5-3-9-6(2)8-7(5)10-4-11-8;2*1-2/h3-4H,1-2H3;2*1-2H3. The molecule has 0 radical (unpaired) electrons. The highest BCUT2D eigenvalue weighted by molar-refractivity contribution is 7.16. The van der Waals surface area contributed by atoms with E-state index in [1.165, 1.54) is 4.70 Å². The summed E-state index contributed by atoms with van der Waals surface area (Å²) in [6.45, 7) is 12.1. The largest absolute Gasteiger partial charge is 0.260 e. The lowest BCUT2D eigenvalue weighted by Gasteiger charge is -1.95. The SMILES string of the molecule is CC.CC.Cc1cnc(C)c2scnc12. The van der Waals surface area contributed by atoms with E-state index < -0.39 is 0 Å². The molecule has 84 valence electrons. The maximum atomic E-state index is 4.26. The average Bonchev–Trinajstić information content (AvgIpc) is 2.79. The van der Waals surface area contributed by atoms with Gasteiger partial charge in [-0.3, -0.25) is 4.98 Å². The number of nitrogens with zero attached hydrogens (tertiary/aromatic N) is 2. The molecular weight excluding hydrogens is 204 g/mol. The Balaban J connectivity index is 0.000000442. The topological polar surface area (TPSA) is 25.8 Å². The Morgan fingerprint density at radius 2 is 1.60 bits per heavy atom. The maximum Gasteiger partial charge on any atom is 0.0874 e. The van der Waals surface area contributed by atoms with Crippen molar-refractivity contribution in [2.24, 2.45) is 0 Å². The predicted octanol–water partition coefficient (Wildman–Crippen LogP) is 4.36. The van der Waals surface area contributed by atoms with E-state index in [2.05, 4.69) is 9.97 Å². The Hall–Kier alpha value is -0.960. The molecule has 0 aliphatic carbocycles. The van der Waals surface area contributed by atoms with Gasteiger partial charge in [0, 0.05) is 6.20 Å². The minimum Gasteiger partial charge on any atom is -0.260 e. The summed E-state index contributed by atoms with van der Waals surface area (Å²) in [5.74, 6) is 0. The van der Waals surface area contributed by atoms with E-state index >= 15 is 0 Å². The van der Waals surface area contributed by atoms with Gasteiger partial charge in [0.05, 0.1) is 21.4 Å². The molecule has 0 atom stereocenters. The first kappa shape index (κ1) is 14.0. The molecule has 0 N–H and O–H groups in total. The van der Waals surface area contributed by atoms with Crippen LogP contribution in [0.1, 0.15) is 39.0 Å². The van der Waals surface area contributed by atoms with E-state index in [1.54, 1.807) is 11.3 Å². The number of fused-ring (bicyclic) bond motifs is 1. The summed E-state index contributed by atoms with van der Waals surface area (Å²) in [5, 5.41) is 0. The molecule has 3 heteroatoms. The number of hydrogen-bond donors (Lipinski definition) is 0. The second kappa shape index (κ2) is 7.35. The maximum absolute atomic E-state index is 4.26. The van der Waals surface area contributed by atoms with Crippen molar-refractivity contribution in [2.75, 3.05) is 0 Å². The van der Waals surface area contributed by atoms with E-state index in [0.29, 0.717) is 0 Å². The Bertz CT molecular complexity index is 357. The zero-order valence-electron chi connectivity index (χ0n) is 10.5. The Kier molecular flexibility index (Phi) is 6.88. The molecule has 0 aliphatic heterocycles. The monoisotopic (exact) mass is 224 g/mol. The lowest BCUT2D eigenvalue weighted by molar-refractivity contribution is 1.21. The van der Waals surface area contributed by atoms with Crippen molar-refractivity contribution in [3.8, 4) is 0 Å². The Labute approximate surface area is 96.4 Å². The van der Waals surface area contributed by atoms with Crippen molar-refractivity contribution in [1.29, 1.82) is 0 Å². The van der Waals surface area contributed by atoms with Crippen molar-refractivity contribution >= 4 is 21.6 Å². The van der Waals surface area contributed by atoms with Crippen molar-refractivity contribution in [2.45, 2.75) is 41.5 Å². The van der Waals surface area contributed by atoms with E-state index in [1.807, 2.05) is 53.2 Å². The van der Waals surface area contributed by atoms with E-state index in [0.717, 1.165) is 16.8 Å². The molecule has 0 saturated carbocycles. The van der Waals surface area contributed by atoms with Crippen LogP contribution in [0.25, 0.3) is 10.2 Å². The van der Waals surface area contributed by atoms with Gasteiger partial charge in [0.25, 0.3) is 0 Å². The third kappa shape index (κ3) is 3.27. The van der Waals surface area contributed by atoms with Gasteiger partial charge in [-0.1, -0.05) is 27.7 Å². The number of rotatable bonds is 0. The van der Waals surface area contributed by atoms with E-state index in [4.69, 9.17) is 0 Å². The third-order valence-electron chi connectivity index (χ3n) is 1.72. The summed E-state index contributed by atoms with van der Waals surface area (Å²) >= 11 is 1.65. The van der Waals surface area contributed by atoms with Crippen LogP contribution in [-0.2, 0) is 0 Å². The lowest BCUT2D eigenvalue weighted by atomic mass is 10.2. The minimum atomic E-state index is 1.08. The van der Waals surface area contributed by atoms with Crippen LogP contribution in [0, 0.1) is 13.8 Å².